The number of carbonyl (C=O) groups is 3. The number of rotatable bonds is 4. The molecule has 0 radical (unpaired) electrons. The molecule has 0 saturated carbocycles. The third kappa shape index (κ3) is 4.71. The molecule has 130 valence electrons. The van der Waals surface area contributed by atoms with E-state index in [1.165, 1.54) is 6.92 Å². The van der Waals surface area contributed by atoms with Crippen molar-refractivity contribution in [1.82, 2.24) is 9.80 Å². The van der Waals surface area contributed by atoms with Crippen LogP contribution >= 0.6 is 11.6 Å². The molecule has 1 aliphatic rings. The Morgan fingerprint density at radius 2 is 1.71 bits per heavy atom. The number of anilines is 1. The second-order valence-electron chi connectivity index (χ2n) is 5.85. The molecule has 0 aliphatic carbocycles. The van der Waals surface area contributed by atoms with Gasteiger partial charge in [0.2, 0.25) is 17.7 Å². The molecule has 2 rings (SSSR count). The molecule has 7 heteroatoms. The third-order valence-corrected chi connectivity index (χ3v) is 4.59. The zero-order valence-corrected chi connectivity index (χ0v) is 14.7. The van der Waals surface area contributed by atoms with E-state index in [0.717, 1.165) is 5.56 Å². The lowest BCUT2D eigenvalue weighted by Crippen LogP contribution is -2.50. The number of piperazine rings is 1. The van der Waals surface area contributed by atoms with Gasteiger partial charge in [0, 0.05) is 56.7 Å². The highest BCUT2D eigenvalue weighted by Gasteiger charge is 2.22. The Morgan fingerprint density at radius 1 is 1.08 bits per heavy atom. The summed E-state index contributed by atoms with van der Waals surface area (Å²) in [5.74, 6) is -0.245. The van der Waals surface area contributed by atoms with Crippen LogP contribution in [0, 0.1) is 6.92 Å². The number of halogens is 1. The van der Waals surface area contributed by atoms with Crippen molar-refractivity contribution in [2.45, 2.75) is 26.7 Å². The predicted octanol–water partition coefficient (Wildman–Crippen LogP) is 2.06. The first kappa shape index (κ1) is 18.3. The first-order valence-corrected chi connectivity index (χ1v) is 8.34. The molecular weight excluding hydrogens is 330 g/mol. The van der Waals surface area contributed by atoms with Crippen LogP contribution in [0.3, 0.4) is 0 Å². The summed E-state index contributed by atoms with van der Waals surface area (Å²) >= 11 is 6.02. The van der Waals surface area contributed by atoms with Gasteiger partial charge in [0.25, 0.3) is 0 Å². The molecule has 3 amide bonds. The number of benzene rings is 1. The summed E-state index contributed by atoms with van der Waals surface area (Å²) in [6, 6.07) is 5.31. The van der Waals surface area contributed by atoms with E-state index in [-0.39, 0.29) is 30.6 Å². The molecule has 0 bridgehead atoms. The Bertz CT molecular complexity index is 640. The lowest BCUT2D eigenvalue weighted by molar-refractivity contribution is -0.138. The summed E-state index contributed by atoms with van der Waals surface area (Å²) < 4.78 is 0. The van der Waals surface area contributed by atoms with E-state index in [0.29, 0.717) is 36.9 Å². The van der Waals surface area contributed by atoms with E-state index in [9.17, 15) is 14.4 Å². The highest BCUT2D eigenvalue weighted by molar-refractivity contribution is 6.31. The Balaban J connectivity index is 1.78. The topological polar surface area (TPSA) is 69.7 Å². The first-order chi connectivity index (χ1) is 11.4. The molecule has 0 atom stereocenters. The second kappa shape index (κ2) is 8.15. The van der Waals surface area contributed by atoms with E-state index >= 15 is 0 Å². The van der Waals surface area contributed by atoms with Gasteiger partial charge < -0.3 is 15.1 Å². The minimum absolute atomic E-state index is 0.0263. The van der Waals surface area contributed by atoms with E-state index in [1.807, 2.05) is 6.92 Å². The standard InChI is InChI=1S/C17H22ClN3O3/c1-12-14(18)4-3-5-15(12)19-16(23)6-7-17(24)21-10-8-20(9-11-21)13(2)22/h3-5H,6-11H2,1-2H3,(H,19,23). The van der Waals surface area contributed by atoms with Gasteiger partial charge in [-0.1, -0.05) is 17.7 Å². The number of hydrogen-bond donors (Lipinski definition) is 1. The van der Waals surface area contributed by atoms with Crippen LogP contribution in [0.4, 0.5) is 5.69 Å². The fraction of sp³-hybridized carbons (Fsp3) is 0.471. The third-order valence-electron chi connectivity index (χ3n) is 4.19. The molecule has 6 nitrogen and oxygen atoms in total. The van der Waals surface area contributed by atoms with Gasteiger partial charge in [0.05, 0.1) is 0 Å². The molecule has 1 aliphatic heterocycles. The molecule has 1 saturated heterocycles. The fourth-order valence-electron chi connectivity index (χ4n) is 2.60. The Labute approximate surface area is 146 Å². The Hall–Kier alpha value is -2.08. The highest BCUT2D eigenvalue weighted by atomic mass is 35.5. The molecule has 0 unspecified atom stereocenters. The number of amides is 3. The van der Waals surface area contributed by atoms with E-state index in [4.69, 9.17) is 11.6 Å². The lowest BCUT2D eigenvalue weighted by atomic mass is 10.2. The van der Waals surface area contributed by atoms with Crippen LogP contribution in [0.1, 0.15) is 25.3 Å². The van der Waals surface area contributed by atoms with Gasteiger partial charge in [0.1, 0.15) is 0 Å². The second-order valence-corrected chi connectivity index (χ2v) is 6.25. The van der Waals surface area contributed by atoms with Crippen LogP contribution in [0.5, 0.6) is 0 Å². The van der Waals surface area contributed by atoms with Crippen LogP contribution in [-0.4, -0.2) is 53.7 Å². The van der Waals surface area contributed by atoms with Gasteiger partial charge in [-0.2, -0.15) is 0 Å². The highest BCUT2D eigenvalue weighted by Crippen LogP contribution is 2.23. The SMILES string of the molecule is CC(=O)N1CCN(C(=O)CCC(=O)Nc2cccc(Cl)c2C)CC1. The molecule has 0 aromatic heterocycles. The van der Waals surface area contributed by atoms with Crippen LogP contribution < -0.4 is 5.32 Å². The number of hydrogen-bond acceptors (Lipinski definition) is 3. The number of carbonyl (C=O) groups excluding carboxylic acids is 3. The quantitative estimate of drug-likeness (QED) is 0.902. The van der Waals surface area contributed by atoms with Crippen LogP contribution in [0.15, 0.2) is 18.2 Å². The van der Waals surface area contributed by atoms with Crippen molar-refractivity contribution in [2.24, 2.45) is 0 Å². The van der Waals surface area contributed by atoms with Crippen molar-refractivity contribution in [3.63, 3.8) is 0 Å². The fourth-order valence-corrected chi connectivity index (χ4v) is 2.78. The predicted molar refractivity (Wildman–Crippen MR) is 92.9 cm³/mol. The van der Waals surface area contributed by atoms with E-state index in [2.05, 4.69) is 5.32 Å². The summed E-state index contributed by atoms with van der Waals surface area (Å²) in [6.07, 6.45) is 0.281. The maximum absolute atomic E-state index is 12.2. The molecule has 1 N–H and O–H groups in total. The van der Waals surface area contributed by atoms with Crippen molar-refractivity contribution in [1.29, 1.82) is 0 Å². The minimum Gasteiger partial charge on any atom is -0.339 e. The van der Waals surface area contributed by atoms with Crippen LogP contribution in [0.25, 0.3) is 0 Å². The lowest BCUT2D eigenvalue weighted by Gasteiger charge is -2.34. The number of nitrogens with one attached hydrogen (secondary N) is 1. The van der Waals surface area contributed by atoms with Gasteiger partial charge in [-0.05, 0) is 24.6 Å². The molecular formula is C17H22ClN3O3. The monoisotopic (exact) mass is 351 g/mol. The van der Waals surface area contributed by atoms with Crippen molar-refractivity contribution in [3.8, 4) is 0 Å². The first-order valence-electron chi connectivity index (χ1n) is 7.96. The smallest absolute Gasteiger partial charge is 0.224 e. The molecule has 1 aromatic rings. The van der Waals surface area contributed by atoms with Gasteiger partial charge in [0.15, 0.2) is 0 Å². The summed E-state index contributed by atoms with van der Waals surface area (Å²) in [6.45, 7) is 5.50. The van der Waals surface area contributed by atoms with Gasteiger partial charge in [-0.15, -0.1) is 0 Å². The zero-order valence-electron chi connectivity index (χ0n) is 14.0. The van der Waals surface area contributed by atoms with Crippen molar-refractivity contribution in [2.75, 3.05) is 31.5 Å². The van der Waals surface area contributed by atoms with Crippen LogP contribution in [-0.2, 0) is 14.4 Å². The van der Waals surface area contributed by atoms with Gasteiger partial charge in [-0.25, -0.2) is 0 Å². The zero-order chi connectivity index (χ0) is 17.7. The van der Waals surface area contributed by atoms with Crippen molar-refractivity contribution < 1.29 is 14.4 Å². The number of nitrogens with zero attached hydrogens (tertiary/aromatic N) is 2. The molecule has 0 spiro atoms. The Kier molecular flexibility index (Phi) is 6.20. The molecule has 1 aromatic carbocycles. The Morgan fingerprint density at radius 3 is 2.33 bits per heavy atom. The summed E-state index contributed by atoms with van der Waals surface area (Å²) in [7, 11) is 0. The molecule has 24 heavy (non-hydrogen) atoms. The van der Waals surface area contributed by atoms with Crippen molar-refractivity contribution in [3.05, 3.63) is 28.8 Å². The summed E-state index contributed by atoms with van der Waals surface area (Å²) in [4.78, 5) is 38.9. The largest absolute Gasteiger partial charge is 0.339 e. The summed E-state index contributed by atoms with van der Waals surface area (Å²) in [5, 5.41) is 3.37. The van der Waals surface area contributed by atoms with E-state index in [1.54, 1.807) is 28.0 Å². The minimum atomic E-state index is -0.212. The van der Waals surface area contributed by atoms with Gasteiger partial charge >= 0.3 is 0 Å². The van der Waals surface area contributed by atoms with Crippen molar-refractivity contribution >= 4 is 35.0 Å². The molecule has 1 fully saturated rings. The van der Waals surface area contributed by atoms with E-state index < -0.39 is 0 Å². The van der Waals surface area contributed by atoms with Gasteiger partial charge in [-0.3, -0.25) is 14.4 Å². The normalized spacial score (nSPS) is 14.5. The average molecular weight is 352 g/mol. The maximum Gasteiger partial charge on any atom is 0.224 e. The average Bonchev–Trinajstić information content (AvgIpc) is 2.57. The van der Waals surface area contributed by atoms with Crippen LogP contribution in [0.2, 0.25) is 5.02 Å². The summed E-state index contributed by atoms with van der Waals surface area (Å²) in [5.41, 5.74) is 1.47. The molecule has 1 heterocycles. The maximum atomic E-state index is 12.2.